The molecule has 2 aromatic carbocycles. The lowest BCUT2D eigenvalue weighted by Crippen LogP contribution is -2.28. The van der Waals surface area contributed by atoms with Crippen molar-refractivity contribution in [2.75, 3.05) is 0 Å². The Bertz CT molecular complexity index is 623. The van der Waals surface area contributed by atoms with Crippen molar-refractivity contribution < 1.29 is 9.59 Å². The maximum atomic E-state index is 12.2. The smallest absolute Gasteiger partial charge is 0.217 e. The summed E-state index contributed by atoms with van der Waals surface area (Å²) in [6.45, 7) is 1.48. The molecular formula is C20H23NO2. The molecule has 2 aromatic rings. The van der Waals surface area contributed by atoms with Gasteiger partial charge in [0.2, 0.25) is 5.91 Å². The molecule has 0 fully saturated rings. The molecule has 0 aliphatic heterocycles. The van der Waals surface area contributed by atoms with Gasteiger partial charge in [0.05, 0.1) is 6.04 Å². The summed E-state index contributed by atoms with van der Waals surface area (Å²) in [6, 6.07) is 19.6. The molecule has 0 aliphatic carbocycles. The third-order valence-electron chi connectivity index (χ3n) is 3.78. The predicted molar refractivity (Wildman–Crippen MR) is 92.0 cm³/mol. The molecule has 0 heterocycles. The van der Waals surface area contributed by atoms with E-state index in [1.54, 1.807) is 0 Å². The van der Waals surface area contributed by atoms with E-state index in [1.807, 2.05) is 48.5 Å². The van der Waals surface area contributed by atoms with Gasteiger partial charge < -0.3 is 5.32 Å². The van der Waals surface area contributed by atoms with Crippen molar-refractivity contribution in [3.63, 3.8) is 0 Å². The minimum atomic E-state index is -0.238. The van der Waals surface area contributed by atoms with E-state index in [2.05, 4.69) is 17.4 Å². The summed E-state index contributed by atoms with van der Waals surface area (Å²) in [4.78, 5) is 23.6. The highest BCUT2D eigenvalue weighted by Gasteiger charge is 2.16. The summed E-state index contributed by atoms with van der Waals surface area (Å²) >= 11 is 0. The summed E-state index contributed by atoms with van der Waals surface area (Å²) in [6.07, 6.45) is 2.63. The van der Waals surface area contributed by atoms with Gasteiger partial charge in [-0.05, 0) is 24.0 Å². The van der Waals surface area contributed by atoms with Crippen LogP contribution in [0.4, 0.5) is 0 Å². The van der Waals surface area contributed by atoms with E-state index >= 15 is 0 Å². The maximum absolute atomic E-state index is 12.2. The zero-order valence-corrected chi connectivity index (χ0v) is 13.5. The second kappa shape index (κ2) is 8.89. The van der Waals surface area contributed by atoms with Crippen LogP contribution in [0.1, 0.15) is 43.4 Å². The summed E-state index contributed by atoms with van der Waals surface area (Å²) in [5, 5.41) is 2.88. The van der Waals surface area contributed by atoms with E-state index in [1.165, 1.54) is 12.5 Å². The van der Waals surface area contributed by atoms with Crippen molar-refractivity contribution in [1.29, 1.82) is 0 Å². The molecule has 1 N–H and O–H groups in total. The number of hydrogen-bond acceptors (Lipinski definition) is 2. The highest BCUT2D eigenvalue weighted by Crippen LogP contribution is 2.18. The van der Waals surface area contributed by atoms with E-state index < -0.39 is 0 Å². The second-order valence-corrected chi connectivity index (χ2v) is 5.75. The summed E-state index contributed by atoms with van der Waals surface area (Å²) < 4.78 is 0. The van der Waals surface area contributed by atoms with Crippen molar-refractivity contribution in [1.82, 2.24) is 5.32 Å². The van der Waals surface area contributed by atoms with E-state index in [0.717, 1.165) is 18.4 Å². The van der Waals surface area contributed by atoms with Gasteiger partial charge in [0.15, 0.2) is 0 Å². The number of rotatable bonds is 8. The van der Waals surface area contributed by atoms with Gasteiger partial charge in [0.25, 0.3) is 0 Å². The van der Waals surface area contributed by atoms with Crippen molar-refractivity contribution >= 4 is 11.7 Å². The number of hydrogen-bond donors (Lipinski definition) is 1. The van der Waals surface area contributed by atoms with Gasteiger partial charge in [0.1, 0.15) is 5.78 Å². The largest absolute Gasteiger partial charge is 0.349 e. The molecule has 120 valence electrons. The Labute approximate surface area is 137 Å². The van der Waals surface area contributed by atoms with Gasteiger partial charge in [-0.2, -0.15) is 0 Å². The topological polar surface area (TPSA) is 46.2 Å². The first-order valence-corrected chi connectivity index (χ1v) is 8.03. The van der Waals surface area contributed by atoms with Gasteiger partial charge >= 0.3 is 0 Å². The van der Waals surface area contributed by atoms with E-state index in [0.29, 0.717) is 12.8 Å². The van der Waals surface area contributed by atoms with Crippen molar-refractivity contribution in [3.05, 3.63) is 71.8 Å². The molecular weight excluding hydrogens is 286 g/mol. The molecule has 0 aromatic heterocycles. The first-order valence-electron chi connectivity index (χ1n) is 8.03. The zero-order chi connectivity index (χ0) is 16.5. The molecule has 0 saturated heterocycles. The van der Waals surface area contributed by atoms with Crippen molar-refractivity contribution in [3.8, 4) is 0 Å². The van der Waals surface area contributed by atoms with Crippen LogP contribution in [-0.4, -0.2) is 11.7 Å². The average Bonchev–Trinajstić information content (AvgIpc) is 2.56. The summed E-state index contributed by atoms with van der Waals surface area (Å²) in [7, 11) is 0. The molecule has 0 aliphatic rings. The Morgan fingerprint density at radius 3 is 2.17 bits per heavy atom. The van der Waals surface area contributed by atoms with Gasteiger partial charge in [0, 0.05) is 19.8 Å². The van der Waals surface area contributed by atoms with Crippen molar-refractivity contribution in [2.45, 2.75) is 38.6 Å². The summed E-state index contributed by atoms with van der Waals surface area (Å²) in [5.74, 6) is 0.0690. The van der Waals surface area contributed by atoms with Gasteiger partial charge in [-0.1, -0.05) is 60.7 Å². The number of benzene rings is 2. The van der Waals surface area contributed by atoms with Gasteiger partial charge in [-0.3, -0.25) is 9.59 Å². The third kappa shape index (κ3) is 6.07. The molecule has 0 radical (unpaired) electrons. The molecule has 2 rings (SSSR count). The molecule has 0 spiro atoms. The van der Waals surface area contributed by atoms with Crippen LogP contribution in [0.25, 0.3) is 0 Å². The molecule has 3 heteroatoms. The average molecular weight is 309 g/mol. The fourth-order valence-corrected chi connectivity index (χ4v) is 2.65. The minimum absolute atomic E-state index is 0.115. The van der Waals surface area contributed by atoms with Crippen LogP contribution in [0.3, 0.4) is 0 Å². The zero-order valence-electron chi connectivity index (χ0n) is 13.5. The summed E-state index contributed by atoms with van der Waals surface area (Å²) in [5.41, 5.74) is 2.22. The second-order valence-electron chi connectivity index (χ2n) is 5.75. The fourth-order valence-electron chi connectivity index (χ4n) is 2.65. The number of ketones is 1. The van der Waals surface area contributed by atoms with Crippen molar-refractivity contribution in [2.24, 2.45) is 0 Å². The van der Waals surface area contributed by atoms with Crippen LogP contribution >= 0.6 is 0 Å². The SMILES string of the molecule is CC(=O)N[C@H](CC(=O)CCCc1ccccc1)c1ccccc1. The Balaban J connectivity index is 1.86. The first-order chi connectivity index (χ1) is 11.1. The first kappa shape index (κ1) is 16.9. The number of amides is 1. The standard InChI is InChI=1S/C20H23NO2/c1-16(22)21-20(18-12-6-3-7-13-18)15-19(23)14-8-11-17-9-4-2-5-10-17/h2-7,9-10,12-13,20H,8,11,14-15H2,1H3,(H,21,22)/t20-/m1/s1. The highest BCUT2D eigenvalue weighted by molar-refractivity contribution is 5.80. The van der Waals surface area contributed by atoms with Crippen LogP contribution in [0.15, 0.2) is 60.7 Å². The monoisotopic (exact) mass is 309 g/mol. The predicted octanol–water partition coefficient (Wildman–Crippen LogP) is 3.85. The Hall–Kier alpha value is -2.42. The third-order valence-corrected chi connectivity index (χ3v) is 3.78. The number of nitrogens with one attached hydrogen (secondary N) is 1. The van der Waals surface area contributed by atoms with Gasteiger partial charge in [-0.25, -0.2) is 0 Å². The van der Waals surface area contributed by atoms with Crippen LogP contribution in [0, 0.1) is 0 Å². The quantitative estimate of drug-likeness (QED) is 0.805. The number of carbonyl (C=O) groups is 2. The molecule has 1 amide bonds. The molecule has 0 unspecified atom stereocenters. The minimum Gasteiger partial charge on any atom is -0.349 e. The number of Topliss-reactive ketones (excluding diaryl/α,β-unsaturated/α-hetero) is 1. The molecule has 0 saturated carbocycles. The Kier molecular flexibility index (Phi) is 6.55. The van der Waals surface area contributed by atoms with E-state index in [9.17, 15) is 9.59 Å². The lowest BCUT2D eigenvalue weighted by Gasteiger charge is -2.17. The van der Waals surface area contributed by atoms with Crippen LogP contribution < -0.4 is 5.32 Å². The molecule has 1 atom stereocenters. The van der Waals surface area contributed by atoms with Crippen LogP contribution in [-0.2, 0) is 16.0 Å². The number of carbonyl (C=O) groups excluding carboxylic acids is 2. The normalized spacial score (nSPS) is 11.7. The van der Waals surface area contributed by atoms with Crippen LogP contribution in [0.2, 0.25) is 0 Å². The van der Waals surface area contributed by atoms with Crippen LogP contribution in [0.5, 0.6) is 0 Å². The Morgan fingerprint density at radius 1 is 0.957 bits per heavy atom. The fraction of sp³-hybridized carbons (Fsp3) is 0.300. The van der Waals surface area contributed by atoms with E-state index in [-0.39, 0.29) is 17.7 Å². The lowest BCUT2D eigenvalue weighted by molar-refractivity contribution is -0.121. The molecule has 0 bridgehead atoms. The number of aryl methyl sites for hydroxylation is 1. The molecule has 3 nitrogen and oxygen atoms in total. The van der Waals surface area contributed by atoms with Gasteiger partial charge in [-0.15, -0.1) is 0 Å². The highest BCUT2D eigenvalue weighted by atomic mass is 16.1. The lowest BCUT2D eigenvalue weighted by atomic mass is 9.98. The Morgan fingerprint density at radius 2 is 1.57 bits per heavy atom. The molecule has 23 heavy (non-hydrogen) atoms. The van der Waals surface area contributed by atoms with E-state index in [4.69, 9.17) is 0 Å². The maximum Gasteiger partial charge on any atom is 0.217 e.